The first-order valence-corrected chi connectivity index (χ1v) is 7.82. The van der Waals surface area contributed by atoms with Crippen molar-refractivity contribution >= 4 is 18.0 Å². The van der Waals surface area contributed by atoms with E-state index in [9.17, 15) is 14.4 Å². The topological polar surface area (TPSA) is 86.6 Å². The van der Waals surface area contributed by atoms with Crippen molar-refractivity contribution < 1.29 is 23.9 Å². The van der Waals surface area contributed by atoms with Gasteiger partial charge in [-0.3, -0.25) is 10.1 Å². The number of benzene rings is 1. The van der Waals surface area contributed by atoms with E-state index in [-0.39, 0.29) is 6.61 Å². The first-order valence-electron chi connectivity index (χ1n) is 7.82. The maximum absolute atomic E-state index is 12.2. The third-order valence-electron chi connectivity index (χ3n) is 3.52. The zero-order chi connectivity index (χ0) is 18.4. The van der Waals surface area contributed by atoms with Gasteiger partial charge in [-0.1, -0.05) is 18.2 Å². The molecule has 0 saturated heterocycles. The third kappa shape index (κ3) is 4.47. The fourth-order valence-electron chi connectivity index (χ4n) is 2.47. The van der Waals surface area contributed by atoms with E-state index < -0.39 is 24.6 Å². The molecule has 2 amide bonds. The van der Waals surface area contributed by atoms with Gasteiger partial charge in [0.05, 0.1) is 12.2 Å². The van der Waals surface area contributed by atoms with Gasteiger partial charge in [-0.2, -0.15) is 0 Å². The number of carbonyl (C=O) groups is 3. The number of carbonyl (C=O) groups excluding carboxylic acids is 3. The molecular formula is C18H20N2O5. The molecule has 2 aromatic rings. The number of rotatable bonds is 5. The number of para-hydroxylation sites is 1. The molecule has 7 heteroatoms. The van der Waals surface area contributed by atoms with Crippen molar-refractivity contribution in [3.63, 3.8) is 0 Å². The van der Waals surface area contributed by atoms with E-state index in [1.54, 1.807) is 19.9 Å². The SMILES string of the molecule is CCOC(=O)NC(=O)COC(=O)c1cc(C)n(-c2ccccc2)c1C. The zero-order valence-corrected chi connectivity index (χ0v) is 14.4. The van der Waals surface area contributed by atoms with E-state index in [4.69, 9.17) is 4.74 Å². The number of ether oxygens (including phenoxy) is 2. The van der Waals surface area contributed by atoms with Gasteiger partial charge in [0.1, 0.15) is 0 Å². The minimum absolute atomic E-state index is 0.143. The highest BCUT2D eigenvalue weighted by molar-refractivity contribution is 5.96. The number of alkyl carbamates (subject to hydrolysis) is 1. The van der Waals surface area contributed by atoms with Crippen LogP contribution >= 0.6 is 0 Å². The Balaban J connectivity index is 2.06. The second-order valence-corrected chi connectivity index (χ2v) is 5.30. The van der Waals surface area contributed by atoms with Gasteiger partial charge in [0.25, 0.3) is 5.91 Å². The normalized spacial score (nSPS) is 10.2. The Labute approximate surface area is 145 Å². The first kappa shape index (κ1) is 18.3. The molecule has 0 fully saturated rings. The summed E-state index contributed by atoms with van der Waals surface area (Å²) in [6, 6.07) is 11.3. The van der Waals surface area contributed by atoms with Gasteiger partial charge >= 0.3 is 12.1 Å². The number of hydrogen-bond acceptors (Lipinski definition) is 5. The molecule has 132 valence electrons. The van der Waals surface area contributed by atoms with E-state index in [2.05, 4.69) is 4.74 Å². The monoisotopic (exact) mass is 344 g/mol. The van der Waals surface area contributed by atoms with Crippen molar-refractivity contribution in [2.24, 2.45) is 0 Å². The van der Waals surface area contributed by atoms with Gasteiger partial charge in [-0.25, -0.2) is 9.59 Å². The summed E-state index contributed by atoms with van der Waals surface area (Å²) in [5.41, 5.74) is 2.87. The van der Waals surface area contributed by atoms with Crippen LogP contribution in [0.15, 0.2) is 36.4 Å². The molecule has 0 spiro atoms. The highest BCUT2D eigenvalue weighted by Crippen LogP contribution is 2.21. The molecule has 0 unspecified atom stereocenters. The third-order valence-corrected chi connectivity index (χ3v) is 3.52. The summed E-state index contributed by atoms with van der Waals surface area (Å²) < 4.78 is 11.5. The second-order valence-electron chi connectivity index (χ2n) is 5.30. The van der Waals surface area contributed by atoms with Crippen molar-refractivity contribution in [1.29, 1.82) is 0 Å². The zero-order valence-electron chi connectivity index (χ0n) is 14.4. The Kier molecular flexibility index (Phi) is 5.94. The number of nitrogens with zero attached hydrogens (tertiary/aromatic N) is 1. The van der Waals surface area contributed by atoms with Crippen molar-refractivity contribution in [2.45, 2.75) is 20.8 Å². The average Bonchev–Trinajstić information content (AvgIpc) is 2.88. The molecule has 0 aliphatic rings. The maximum Gasteiger partial charge on any atom is 0.413 e. The lowest BCUT2D eigenvalue weighted by Crippen LogP contribution is -2.34. The van der Waals surface area contributed by atoms with E-state index in [0.717, 1.165) is 11.4 Å². The van der Waals surface area contributed by atoms with Gasteiger partial charge in [-0.05, 0) is 39.0 Å². The molecule has 0 atom stereocenters. The number of imide groups is 1. The van der Waals surface area contributed by atoms with Crippen LogP contribution in [-0.4, -0.2) is 35.8 Å². The van der Waals surface area contributed by atoms with Crippen LogP contribution < -0.4 is 5.32 Å². The van der Waals surface area contributed by atoms with Gasteiger partial charge in [0.15, 0.2) is 6.61 Å². The summed E-state index contributed by atoms with van der Waals surface area (Å²) in [4.78, 5) is 34.9. The van der Waals surface area contributed by atoms with Gasteiger partial charge in [0.2, 0.25) is 0 Å². The van der Waals surface area contributed by atoms with Crippen LogP contribution in [0, 0.1) is 13.8 Å². The molecule has 25 heavy (non-hydrogen) atoms. The summed E-state index contributed by atoms with van der Waals surface area (Å²) in [5, 5.41) is 1.96. The smallest absolute Gasteiger partial charge is 0.413 e. The summed E-state index contributed by atoms with van der Waals surface area (Å²) in [5.74, 6) is -1.38. The Hall–Kier alpha value is -3.09. The fourth-order valence-corrected chi connectivity index (χ4v) is 2.47. The van der Waals surface area contributed by atoms with Gasteiger partial charge < -0.3 is 14.0 Å². The van der Waals surface area contributed by atoms with Crippen molar-refractivity contribution in [2.75, 3.05) is 13.2 Å². The molecule has 7 nitrogen and oxygen atoms in total. The van der Waals surface area contributed by atoms with Crippen molar-refractivity contribution in [1.82, 2.24) is 9.88 Å². The number of hydrogen-bond donors (Lipinski definition) is 1. The fraction of sp³-hybridized carbons (Fsp3) is 0.278. The molecule has 0 bridgehead atoms. The Bertz CT molecular complexity index is 780. The van der Waals surface area contributed by atoms with Crippen LogP contribution in [0.2, 0.25) is 0 Å². The quantitative estimate of drug-likeness (QED) is 0.842. The summed E-state index contributed by atoms with van der Waals surface area (Å²) >= 11 is 0. The second kappa shape index (κ2) is 8.14. The number of nitrogens with one attached hydrogen (secondary N) is 1. The van der Waals surface area contributed by atoms with E-state index in [1.165, 1.54) is 0 Å². The predicted octanol–water partition coefficient (Wildman–Crippen LogP) is 2.52. The number of aromatic nitrogens is 1. The van der Waals surface area contributed by atoms with Crippen LogP contribution in [0.5, 0.6) is 0 Å². The minimum atomic E-state index is -0.870. The summed E-state index contributed by atoms with van der Waals surface area (Å²) in [6.45, 7) is 4.88. The largest absolute Gasteiger partial charge is 0.452 e. The maximum atomic E-state index is 12.2. The molecule has 2 rings (SSSR count). The molecule has 0 aliphatic heterocycles. The molecule has 1 N–H and O–H groups in total. The summed E-state index contributed by atoms with van der Waals surface area (Å²) in [6.07, 6.45) is -0.870. The van der Waals surface area contributed by atoms with Crippen molar-refractivity contribution in [3.8, 4) is 5.69 Å². The van der Waals surface area contributed by atoms with Gasteiger partial charge in [-0.15, -0.1) is 0 Å². The Morgan fingerprint density at radius 1 is 1.08 bits per heavy atom. The number of amides is 2. The molecule has 1 heterocycles. The lowest BCUT2D eigenvalue weighted by atomic mass is 10.2. The van der Waals surface area contributed by atoms with Crippen LogP contribution in [0.3, 0.4) is 0 Å². The lowest BCUT2D eigenvalue weighted by Gasteiger charge is -2.09. The highest BCUT2D eigenvalue weighted by atomic mass is 16.6. The predicted molar refractivity (Wildman–Crippen MR) is 90.7 cm³/mol. The molecule has 1 aromatic heterocycles. The van der Waals surface area contributed by atoms with E-state index in [0.29, 0.717) is 11.3 Å². The lowest BCUT2D eigenvalue weighted by molar-refractivity contribution is -0.123. The molecule has 1 aromatic carbocycles. The summed E-state index contributed by atoms with van der Waals surface area (Å²) in [7, 11) is 0. The standard InChI is InChI=1S/C18H20N2O5/c1-4-24-18(23)19-16(21)11-25-17(22)15-10-12(2)20(13(15)3)14-8-6-5-7-9-14/h5-10H,4,11H2,1-3H3,(H,19,21,23). The van der Waals surface area contributed by atoms with Crippen LogP contribution in [0.1, 0.15) is 28.7 Å². The van der Waals surface area contributed by atoms with Gasteiger partial charge in [0, 0.05) is 17.1 Å². The number of esters is 1. The minimum Gasteiger partial charge on any atom is -0.452 e. The Morgan fingerprint density at radius 2 is 1.76 bits per heavy atom. The van der Waals surface area contributed by atoms with Crippen LogP contribution in [0.25, 0.3) is 5.69 Å². The van der Waals surface area contributed by atoms with E-state index in [1.807, 2.05) is 47.1 Å². The Morgan fingerprint density at radius 3 is 2.40 bits per heavy atom. The van der Waals surface area contributed by atoms with Crippen LogP contribution in [-0.2, 0) is 14.3 Å². The molecule has 0 saturated carbocycles. The average molecular weight is 344 g/mol. The first-order chi connectivity index (χ1) is 11.9. The van der Waals surface area contributed by atoms with Crippen molar-refractivity contribution in [3.05, 3.63) is 53.3 Å². The van der Waals surface area contributed by atoms with Crippen LogP contribution in [0.4, 0.5) is 4.79 Å². The van der Waals surface area contributed by atoms with E-state index >= 15 is 0 Å². The molecule has 0 radical (unpaired) electrons. The highest BCUT2D eigenvalue weighted by Gasteiger charge is 2.19. The molecule has 0 aliphatic carbocycles. The molecular weight excluding hydrogens is 324 g/mol. The number of aryl methyl sites for hydroxylation is 1.